The fraction of sp³-hybridized carbons (Fsp3) is 0.500. The van der Waals surface area contributed by atoms with Crippen LogP contribution in [0.15, 0.2) is 24.4 Å². The normalized spacial score (nSPS) is 13.9. The molecular weight excluding hydrogens is 284 g/mol. The van der Waals surface area contributed by atoms with Crippen molar-refractivity contribution in [3.05, 3.63) is 29.5 Å². The Morgan fingerprint density at radius 1 is 1.05 bits per heavy atom. The number of aromatic nitrogens is 2. The van der Waals surface area contributed by atoms with E-state index >= 15 is 0 Å². The summed E-state index contributed by atoms with van der Waals surface area (Å²) in [4.78, 5) is 11.0. The van der Waals surface area contributed by atoms with Gasteiger partial charge < -0.3 is 10.2 Å². The Kier molecular flexibility index (Phi) is 8.01. The molecule has 0 unspecified atom stereocenters. The number of fused-ring (bicyclic) bond motifs is 1. The molecule has 21 heavy (non-hydrogen) atoms. The van der Waals surface area contributed by atoms with Gasteiger partial charge in [-0.3, -0.25) is 4.98 Å². The summed E-state index contributed by atoms with van der Waals surface area (Å²) in [6.45, 7) is 12.0. The first-order valence-electron chi connectivity index (χ1n) is 7.71. The molecule has 0 aliphatic carbocycles. The number of piperazine rings is 1. The fourth-order valence-corrected chi connectivity index (χ4v) is 2.22. The lowest BCUT2D eigenvalue weighted by molar-refractivity contribution is 0.589. The highest BCUT2D eigenvalue weighted by atomic mass is 35.5. The van der Waals surface area contributed by atoms with Crippen molar-refractivity contribution in [1.82, 2.24) is 15.3 Å². The van der Waals surface area contributed by atoms with Crippen LogP contribution in [0.3, 0.4) is 0 Å². The molecule has 5 heteroatoms. The van der Waals surface area contributed by atoms with E-state index < -0.39 is 0 Å². The van der Waals surface area contributed by atoms with E-state index in [0.717, 1.165) is 42.9 Å². The molecule has 2 aromatic rings. The molecule has 0 aromatic carbocycles. The van der Waals surface area contributed by atoms with E-state index in [2.05, 4.69) is 26.3 Å². The quantitative estimate of drug-likeness (QED) is 0.815. The predicted molar refractivity (Wildman–Crippen MR) is 92.3 cm³/mol. The third-order valence-corrected chi connectivity index (χ3v) is 3.18. The molecule has 3 heterocycles. The maximum atomic E-state index is 5.89. The summed E-state index contributed by atoms with van der Waals surface area (Å²) >= 11 is 5.89. The van der Waals surface area contributed by atoms with Crippen LogP contribution in [-0.2, 0) is 0 Å². The number of pyridine rings is 2. The Labute approximate surface area is 132 Å². The lowest BCUT2D eigenvalue weighted by atomic mass is 10.2. The van der Waals surface area contributed by atoms with Crippen LogP contribution >= 0.6 is 11.6 Å². The molecular formula is C16H25ClN4. The molecule has 0 bridgehead atoms. The zero-order valence-electron chi connectivity index (χ0n) is 13.4. The standard InChI is InChI=1S/C12H13ClN4.2C2H6/c13-12-2-1-10-11(16-12)7-9(8-15-10)17-5-3-14-4-6-17;2*1-2/h1-2,7-8,14H,3-6H2;2*1-2H3. The van der Waals surface area contributed by atoms with Gasteiger partial charge in [0.2, 0.25) is 0 Å². The Balaban J connectivity index is 0.000000510. The summed E-state index contributed by atoms with van der Waals surface area (Å²) in [6.07, 6.45) is 1.91. The van der Waals surface area contributed by atoms with Crippen molar-refractivity contribution >= 4 is 28.3 Å². The molecule has 0 saturated carbocycles. The van der Waals surface area contributed by atoms with E-state index in [1.807, 2.05) is 40.0 Å². The van der Waals surface area contributed by atoms with Crippen LogP contribution < -0.4 is 10.2 Å². The van der Waals surface area contributed by atoms with Gasteiger partial charge in [0.25, 0.3) is 0 Å². The Bertz CT molecular complexity index is 539. The minimum Gasteiger partial charge on any atom is -0.368 e. The minimum atomic E-state index is 0.511. The third-order valence-electron chi connectivity index (χ3n) is 2.97. The number of nitrogens with one attached hydrogen (secondary N) is 1. The van der Waals surface area contributed by atoms with E-state index in [9.17, 15) is 0 Å². The fourth-order valence-electron chi connectivity index (χ4n) is 2.07. The van der Waals surface area contributed by atoms with Crippen LogP contribution in [0.5, 0.6) is 0 Å². The Morgan fingerprint density at radius 3 is 2.38 bits per heavy atom. The van der Waals surface area contributed by atoms with Gasteiger partial charge in [0.05, 0.1) is 22.9 Å². The average molecular weight is 309 g/mol. The molecule has 4 nitrogen and oxygen atoms in total. The second-order valence-electron chi connectivity index (χ2n) is 4.10. The van der Waals surface area contributed by atoms with E-state index in [1.165, 1.54) is 0 Å². The van der Waals surface area contributed by atoms with Crippen molar-refractivity contribution in [2.75, 3.05) is 31.1 Å². The zero-order chi connectivity index (χ0) is 15.7. The molecule has 0 atom stereocenters. The SMILES string of the molecule is CC.CC.Clc1ccc2ncc(N3CCNCC3)cc2n1. The summed E-state index contributed by atoms with van der Waals surface area (Å²) in [7, 11) is 0. The number of hydrogen-bond acceptors (Lipinski definition) is 4. The number of halogens is 1. The molecule has 116 valence electrons. The lowest BCUT2D eigenvalue weighted by Gasteiger charge is -2.29. The van der Waals surface area contributed by atoms with Crippen LogP contribution in [0.25, 0.3) is 11.0 Å². The third kappa shape index (κ3) is 4.83. The summed E-state index contributed by atoms with van der Waals surface area (Å²) in [6, 6.07) is 5.72. The van der Waals surface area contributed by atoms with Gasteiger partial charge in [0.15, 0.2) is 0 Å². The molecule has 0 spiro atoms. The topological polar surface area (TPSA) is 41.1 Å². The number of nitrogens with zero attached hydrogens (tertiary/aromatic N) is 3. The second kappa shape index (κ2) is 9.53. The van der Waals surface area contributed by atoms with Crippen molar-refractivity contribution in [3.63, 3.8) is 0 Å². The largest absolute Gasteiger partial charge is 0.368 e. The van der Waals surface area contributed by atoms with Crippen molar-refractivity contribution < 1.29 is 0 Å². The highest BCUT2D eigenvalue weighted by Gasteiger charge is 2.11. The summed E-state index contributed by atoms with van der Waals surface area (Å²) < 4.78 is 0. The zero-order valence-corrected chi connectivity index (χ0v) is 14.1. The monoisotopic (exact) mass is 308 g/mol. The molecule has 1 saturated heterocycles. The maximum Gasteiger partial charge on any atom is 0.129 e. The first-order chi connectivity index (χ1) is 10.3. The van der Waals surface area contributed by atoms with Gasteiger partial charge in [-0.05, 0) is 18.2 Å². The Morgan fingerprint density at radius 2 is 1.71 bits per heavy atom. The maximum absolute atomic E-state index is 5.89. The van der Waals surface area contributed by atoms with Crippen molar-refractivity contribution in [3.8, 4) is 0 Å². The Hall–Kier alpha value is -1.39. The highest BCUT2D eigenvalue weighted by molar-refractivity contribution is 6.29. The van der Waals surface area contributed by atoms with E-state index in [-0.39, 0.29) is 0 Å². The van der Waals surface area contributed by atoms with Gasteiger partial charge >= 0.3 is 0 Å². The van der Waals surface area contributed by atoms with Crippen LogP contribution in [0, 0.1) is 0 Å². The van der Waals surface area contributed by atoms with Gasteiger partial charge in [0, 0.05) is 26.2 Å². The van der Waals surface area contributed by atoms with Gasteiger partial charge in [-0.25, -0.2) is 4.98 Å². The predicted octanol–water partition coefficient (Wildman–Crippen LogP) is 3.75. The minimum absolute atomic E-state index is 0.511. The smallest absolute Gasteiger partial charge is 0.129 e. The van der Waals surface area contributed by atoms with E-state index in [4.69, 9.17) is 11.6 Å². The van der Waals surface area contributed by atoms with Crippen LogP contribution in [0.4, 0.5) is 5.69 Å². The van der Waals surface area contributed by atoms with Crippen LogP contribution in [-0.4, -0.2) is 36.1 Å². The number of hydrogen-bond donors (Lipinski definition) is 1. The van der Waals surface area contributed by atoms with E-state index in [0.29, 0.717) is 5.15 Å². The molecule has 1 aliphatic heterocycles. The molecule has 1 aliphatic rings. The first-order valence-corrected chi connectivity index (χ1v) is 8.09. The molecule has 3 rings (SSSR count). The van der Waals surface area contributed by atoms with Gasteiger partial charge in [-0.15, -0.1) is 0 Å². The van der Waals surface area contributed by atoms with Crippen LogP contribution in [0.2, 0.25) is 5.15 Å². The van der Waals surface area contributed by atoms with Gasteiger partial charge in [-0.1, -0.05) is 39.3 Å². The number of anilines is 1. The van der Waals surface area contributed by atoms with Crippen molar-refractivity contribution in [2.24, 2.45) is 0 Å². The summed E-state index contributed by atoms with van der Waals surface area (Å²) in [5.41, 5.74) is 2.86. The highest BCUT2D eigenvalue weighted by Crippen LogP contribution is 2.20. The van der Waals surface area contributed by atoms with Crippen molar-refractivity contribution in [2.45, 2.75) is 27.7 Å². The average Bonchev–Trinajstić information content (AvgIpc) is 2.58. The number of rotatable bonds is 1. The van der Waals surface area contributed by atoms with Gasteiger partial charge in [0.1, 0.15) is 5.15 Å². The molecule has 0 amide bonds. The van der Waals surface area contributed by atoms with Crippen molar-refractivity contribution in [1.29, 1.82) is 0 Å². The summed E-state index contributed by atoms with van der Waals surface area (Å²) in [5.74, 6) is 0. The van der Waals surface area contributed by atoms with Gasteiger partial charge in [-0.2, -0.15) is 0 Å². The molecule has 1 fully saturated rings. The van der Waals surface area contributed by atoms with Crippen LogP contribution in [0.1, 0.15) is 27.7 Å². The van der Waals surface area contributed by atoms with E-state index in [1.54, 1.807) is 6.07 Å². The summed E-state index contributed by atoms with van der Waals surface area (Å²) in [5, 5.41) is 3.84. The first kappa shape index (κ1) is 17.7. The molecule has 0 radical (unpaired) electrons. The molecule has 2 aromatic heterocycles. The molecule has 1 N–H and O–H groups in total. The lowest BCUT2D eigenvalue weighted by Crippen LogP contribution is -2.43. The second-order valence-corrected chi connectivity index (χ2v) is 4.49.